The van der Waals surface area contributed by atoms with Crippen LogP contribution in [0.15, 0.2) is 48.5 Å². The molecule has 1 aliphatic heterocycles. The number of halogens is 1. The minimum atomic E-state index is -0.358. The maximum Gasteiger partial charge on any atom is 0.338 e. The lowest BCUT2D eigenvalue weighted by molar-refractivity contribution is -0.115. The van der Waals surface area contributed by atoms with Crippen molar-refractivity contribution < 1.29 is 14.3 Å². The Labute approximate surface area is 157 Å². The molecule has 6 heteroatoms. The van der Waals surface area contributed by atoms with E-state index in [9.17, 15) is 9.59 Å². The van der Waals surface area contributed by atoms with E-state index in [1.165, 1.54) is 0 Å². The smallest absolute Gasteiger partial charge is 0.338 e. The van der Waals surface area contributed by atoms with Crippen molar-refractivity contribution in [3.8, 4) is 0 Å². The minimum absolute atomic E-state index is 0.0511. The van der Waals surface area contributed by atoms with Gasteiger partial charge in [0.25, 0.3) is 0 Å². The van der Waals surface area contributed by atoms with Crippen LogP contribution >= 0.6 is 11.6 Å². The third-order valence-electron chi connectivity index (χ3n) is 4.20. The van der Waals surface area contributed by atoms with Crippen LogP contribution in [0.2, 0.25) is 5.02 Å². The Balaban J connectivity index is 1.59. The number of rotatable bonds is 5. The second kappa shape index (κ2) is 8.83. The molecule has 0 saturated carbocycles. The van der Waals surface area contributed by atoms with Gasteiger partial charge in [-0.25, -0.2) is 4.79 Å². The van der Waals surface area contributed by atoms with E-state index in [1.807, 2.05) is 12.1 Å². The van der Waals surface area contributed by atoms with Crippen molar-refractivity contribution >= 4 is 29.2 Å². The van der Waals surface area contributed by atoms with Crippen LogP contribution in [0, 0.1) is 0 Å². The highest BCUT2D eigenvalue weighted by Gasteiger charge is 2.18. The lowest BCUT2D eigenvalue weighted by atomic mass is 10.1. The van der Waals surface area contributed by atoms with E-state index < -0.39 is 0 Å². The normalized spacial score (nSPS) is 14.7. The first-order valence-corrected chi connectivity index (χ1v) is 9.04. The van der Waals surface area contributed by atoms with Gasteiger partial charge in [-0.15, -0.1) is 0 Å². The van der Waals surface area contributed by atoms with Gasteiger partial charge < -0.3 is 15.4 Å². The largest absolute Gasteiger partial charge is 0.459 e. The average molecular weight is 373 g/mol. The van der Waals surface area contributed by atoms with Gasteiger partial charge in [-0.05, 0) is 61.8 Å². The summed E-state index contributed by atoms with van der Waals surface area (Å²) in [7, 11) is 0. The lowest BCUT2D eigenvalue weighted by Crippen LogP contribution is -2.33. The van der Waals surface area contributed by atoms with Crippen LogP contribution in [0.4, 0.5) is 5.69 Å². The number of hydrogen-bond acceptors (Lipinski definition) is 4. The quantitative estimate of drug-likeness (QED) is 0.789. The zero-order chi connectivity index (χ0) is 18.4. The molecule has 0 atom stereocenters. The Hall–Kier alpha value is -2.37. The topological polar surface area (TPSA) is 67.4 Å². The molecule has 0 aromatic heterocycles. The third kappa shape index (κ3) is 5.31. The van der Waals surface area contributed by atoms with Crippen molar-refractivity contribution in [1.29, 1.82) is 0 Å². The number of piperidine rings is 1. The zero-order valence-corrected chi connectivity index (χ0v) is 15.1. The van der Waals surface area contributed by atoms with Gasteiger partial charge in [0.05, 0.1) is 12.0 Å². The SMILES string of the molecule is O=C(Cc1cccc(Cl)c1)Nc1cccc(C(=O)OC2CCNCC2)c1. The summed E-state index contributed by atoms with van der Waals surface area (Å²) in [5.74, 6) is -0.529. The summed E-state index contributed by atoms with van der Waals surface area (Å²) >= 11 is 5.94. The van der Waals surface area contributed by atoms with Gasteiger partial charge in [0.2, 0.25) is 5.91 Å². The monoisotopic (exact) mass is 372 g/mol. The van der Waals surface area contributed by atoms with Crippen LogP contribution in [-0.2, 0) is 16.0 Å². The van der Waals surface area contributed by atoms with Crippen molar-refractivity contribution in [2.45, 2.75) is 25.4 Å². The molecule has 1 heterocycles. The Morgan fingerprint density at radius 3 is 2.65 bits per heavy atom. The molecule has 136 valence electrons. The molecular weight excluding hydrogens is 352 g/mol. The van der Waals surface area contributed by atoms with Crippen molar-refractivity contribution in [3.05, 3.63) is 64.7 Å². The van der Waals surface area contributed by atoms with Crippen molar-refractivity contribution in [1.82, 2.24) is 5.32 Å². The standard InChI is InChI=1S/C20H21ClN2O3/c21-16-5-1-3-14(11-16)12-19(24)23-17-6-2-4-15(13-17)20(25)26-18-7-9-22-10-8-18/h1-6,11,13,18,22H,7-10,12H2,(H,23,24). The van der Waals surface area contributed by atoms with Crippen LogP contribution in [0.25, 0.3) is 0 Å². The van der Waals surface area contributed by atoms with E-state index >= 15 is 0 Å². The van der Waals surface area contributed by atoms with Gasteiger partial charge in [0.15, 0.2) is 0 Å². The van der Waals surface area contributed by atoms with Crippen molar-refractivity contribution in [3.63, 3.8) is 0 Å². The number of amides is 1. The number of ether oxygens (including phenoxy) is 1. The number of carbonyl (C=O) groups excluding carboxylic acids is 2. The maximum atomic E-state index is 12.3. The molecule has 1 saturated heterocycles. The van der Waals surface area contributed by atoms with E-state index in [0.29, 0.717) is 16.3 Å². The Morgan fingerprint density at radius 1 is 1.12 bits per heavy atom. The van der Waals surface area contributed by atoms with Crippen LogP contribution in [0.3, 0.4) is 0 Å². The van der Waals surface area contributed by atoms with Gasteiger partial charge in [0, 0.05) is 10.7 Å². The molecule has 2 aromatic rings. The van der Waals surface area contributed by atoms with Crippen molar-refractivity contribution in [2.24, 2.45) is 0 Å². The van der Waals surface area contributed by atoms with E-state index in [2.05, 4.69) is 10.6 Å². The first-order chi connectivity index (χ1) is 12.6. The van der Waals surface area contributed by atoms with E-state index in [-0.39, 0.29) is 24.4 Å². The van der Waals surface area contributed by atoms with Crippen LogP contribution in [-0.4, -0.2) is 31.1 Å². The Kier molecular flexibility index (Phi) is 6.26. The molecule has 5 nitrogen and oxygen atoms in total. The summed E-state index contributed by atoms with van der Waals surface area (Å²) in [6.07, 6.45) is 1.80. The predicted molar refractivity (Wildman–Crippen MR) is 102 cm³/mol. The summed E-state index contributed by atoms with van der Waals surface area (Å²) in [5.41, 5.74) is 1.83. The van der Waals surface area contributed by atoms with Crippen LogP contribution < -0.4 is 10.6 Å². The Morgan fingerprint density at radius 2 is 1.88 bits per heavy atom. The molecule has 0 radical (unpaired) electrons. The number of carbonyl (C=O) groups is 2. The zero-order valence-electron chi connectivity index (χ0n) is 14.3. The van der Waals surface area contributed by atoms with Crippen LogP contribution in [0.5, 0.6) is 0 Å². The summed E-state index contributed by atoms with van der Waals surface area (Å²) in [6.45, 7) is 1.72. The van der Waals surface area contributed by atoms with Gasteiger partial charge in [-0.3, -0.25) is 4.79 Å². The van der Waals surface area contributed by atoms with Gasteiger partial charge in [0.1, 0.15) is 6.10 Å². The molecule has 1 fully saturated rings. The summed E-state index contributed by atoms with van der Waals surface area (Å²) in [4.78, 5) is 24.5. The number of esters is 1. The highest BCUT2D eigenvalue weighted by molar-refractivity contribution is 6.30. The molecule has 2 aromatic carbocycles. The van der Waals surface area contributed by atoms with Gasteiger partial charge in [-0.2, -0.15) is 0 Å². The van der Waals surface area contributed by atoms with E-state index in [1.54, 1.807) is 36.4 Å². The number of anilines is 1. The predicted octanol–water partition coefficient (Wildman–Crippen LogP) is 3.43. The fourth-order valence-electron chi connectivity index (χ4n) is 2.89. The molecule has 0 spiro atoms. The Bertz CT molecular complexity index is 788. The fraction of sp³-hybridized carbons (Fsp3) is 0.300. The van der Waals surface area contributed by atoms with Gasteiger partial charge in [-0.1, -0.05) is 29.8 Å². The summed E-state index contributed by atoms with van der Waals surface area (Å²) in [5, 5.41) is 6.64. The molecule has 3 rings (SSSR count). The van der Waals surface area contributed by atoms with E-state index in [0.717, 1.165) is 31.5 Å². The molecule has 0 aliphatic carbocycles. The molecule has 1 aliphatic rings. The second-order valence-electron chi connectivity index (χ2n) is 6.29. The molecule has 0 unspecified atom stereocenters. The lowest BCUT2D eigenvalue weighted by Gasteiger charge is -2.22. The highest BCUT2D eigenvalue weighted by Crippen LogP contribution is 2.16. The molecule has 2 N–H and O–H groups in total. The first kappa shape index (κ1) is 18.4. The number of nitrogens with one attached hydrogen (secondary N) is 2. The van der Waals surface area contributed by atoms with Gasteiger partial charge >= 0.3 is 5.97 Å². The fourth-order valence-corrected chi connectivity index (χ4v) is 3.11. The van der Waals surface area contributed by atoms with Crippen LogP contribution in [0.1, 0.15) is 28.8 Å². The summed E-state index contributed by atoms with van der Waals surface area (Å²) < 4.78 is 5.54. The highest BCUT2D eigenvalue weighted by atomic mass is 35.5. The third-order valence-corrected chi connectivity index (χ3v) is 4.43. The molecular formula is C20H21ClN2O3. The maximum absolute atomic E-state index is 12.3. The molecule has 0 bridgehead atoms. The first-order valence-electron chi connectivity index (χ1n) is 8.66. The molecule has 26 heavy (non-hydrogen) atoms. The number of benzene rings is 2. The molecule has 1 amide bonds. The minimum Gasteiger partial charge on any atom is -0.459 e. The average Bonchev–Trinajstić information content (AvgIpc) is 2.62. The van der Waals surface area contributed by atoms with Crippen molar-refractivity contribution in [2.75, 3.05) is 18.4 Å². The second-order valence-corrected chi connectivity index (χ2v) is 6.73. The number of hydrogen-bond donors (Lipinski definition) is 2. The summed E-state index contributed by atoms with van der Waals surface area (Å²) in [6, 6.07) is 14.0. The van der Waals surface area contributed by atoms with E-state index in [4.69, 9.17) is 16.3 Å².